The zero-order chi connectivity index (χ0) is 11.4. The van der Waals surface area contributed by atoms with E-state index in [0.717, 1.165) is 6.42 Å². The molecule has 2 rings (SSSR count). The van der Waals surface area contributed by atoms with E-state index >= 15 is 0 Å². The SMILES string of the molecule is NCC(Cc1ccccc1)N1CCOC1=O. The first kappa shape index (κ1) is 11.0. The second-order valence-electron chi connectivity index (χ2n) is 3.89. The van der Waals surface area contributed by atoms with Gasteiger partial charge in [-0.15, -0.1) is 0 Å². The largest absolute Gasteiger partial charge is 0.448 e. The number of amides is 1. The Morgan fingerprint density at radius 2 is 2.12 bits per heavy atom. The van der Waals surface area contributed by atoms with Crippen LogP contribution in [0.15, 0.2) is 30.3 Å². The van der Waals surface area contributed by atoms with E-state index in [1.54, 1.807) is 4.90 Å². The topological polar surface area (TPSA) is 55.6 Å². The van der Waals surface area contributed by atoms with E-state index in [0.29, 0.717) is 19.7 Å². The van der Waals surface area contributed by atoms with Gasteiger partial charge in [-0.25, -0.2) is 4.79 Å². The van der Waals surface area contributed by atoms with Crippen molar-refractivity contribution >= 4 is 6.09 Å². The predicted molar refractivity (Wildman–Crippen MR) is 61.0 cm³/mol. The molecular weight excluding hydrogens is 204 g/mol. The molecule has 0 saturated carbocycles. The highest BCUT2D eigenvalue weighted by molar-refractivity contribution is 5.69. The molecule has 0 spiro atoms. The van der Waals surface area contributed by atoms with Crippen LogP contribution < -0.4 is 5.73 Å². The fourth-order valence-electron chi connectivity index (χ4n) is 1.94. The normalized spacial score (nSPS) is 17.3. The van der Waals surface area contributed by atoms with Crippen molar-refractivity contribution in [2.24, 2.45) is 5.73 Å². The molecule has 86 valence electrons. The van der Waals surface area contributed by atoms with Crippen LogP contribution in [0.2, 0.25) is 0 Å². The van der Waals surface area contributed by atoms with Gasteiger partial charge in [-0.3, -0.25) is 0 Å². The molecule has 0 radical (unpaired) electrons. The predicted octanol–water partition coefficient (Wildman–Crippen LogP) is 1.01. The molecule has 1 saturated heterocycles. The van der Waals surface area contributed by atoms with Gasteiger partial charge in [-0.2, -0.15) is 0 Å². The molecular formula is C12H16N2O2. The average Bonchev–Trinajstić information content (AvgIpc) is 2.74. The van der Waals surface area contributed by atoms with E-state index in [2.05, 4.69) is 0 Å². The number of rotatable bonds is 4. The molecule has 1 aromatic rings. The van der Waals surface area contributed by atoms with Gasteiger partial charge >= 0.3 is 6.09 Å². The molecule has 1 unspecified atom stereocenters. The molecule has 1 fully saturated rings. The van der Waals surface area contributed by atoms with Gasteiger partial charge in [0.2, 0.25) is 0 Å². The van der Waals surface area contributed by atoms with E-state index in [9.17, 15) is 4.79 Å². The van der Waals surface area contributed by atoms with Crippen molar-refractivity contribution in [2.75, 3.05) is 19.7 Å². The van der Waals surface area contributed by atoms with Crippen molar-refractivity contribution in [1.29, 1.82) is 0 Å². The van der Waals surface area contributed by atoms with Gasteiger partial charge in [0.05, 0.1) is 12.6 Å². The van der Waals surface area contributed by atoms with Crippen molar-refractivity contribution in [2.45, 2.75) is 12.5 Å². The number of nitrogens with two attached hydrogens (primary N) is 1. The smallest absolute Gasteiger partial charge is 0.410 e. The Hall–Kier alpha value is -1.55. The summed E-state index contributed by atoms with van der Waals surface area (Å²) in [6.07, 6.45) is 0.540. The highest BCUT2D eigenvalue weighted by Gasteiger charge is 2.28. The Morgan fingerprint density at radius 1 is 1.38 bits per heavy atom. The Labute approximate surface area is 95.0 Å². The number of benzene rings is 1. The monoisotopic (exact) mass is 220 g/mol. The summed E-state index contributed by atoms with van der Waals surface area (Å²) in [5, 5.41) is 0. The van der Waals surface area contributed by atoms with Gasteiger partial charge in [0.1, 0.15) is 6.61 Å². The Bertz CT molecular complexity index is 353. The fourth-order valence-corrected chi connectivity index (χ4v) is 1.94. The lowest BCUT2D eigenvalue weighted by atomic mass is 10.1. The van der Waals surface area contributed by atoms with Crippen molar-refractivity contribution in [1.82, 2.24) is 4.90 Å². The molecule has 0 bridgehead atoms. The summed E-state index contributed by atoms with van der Waals surface area (Å²) in [5.41, 5.74) is 6.91. The molecule has 4 nitrogen and oxygen atoms in total. The standard InChI is InChI=1S/C12H16N2O2/c13-9-11(14-6-7-16-12(14)15)8-10-4-2-1-3-5-10/h1-5,11H,6-9,13H2. The first-order valence-corrected chi connectivity index (χ1v) is 5.48. The number of carbonyl (C=O) groups excluding carboxylic acids is 1. The molecule has 16 heavy (non-hydrogen) atoms. The molecule has 0 aromatic heterocycles. The van der Waals surface area contributed by atoms with Crippen molar-refractivity contribution in [3.8, 4) is 0 Å². The zero-order valence-corrected chi connectivity index (χ0v) is 9.13. The van der Waals surface area contributed by atoms with Crippen LogP contribution >= 0.6 is 0 Å². The molecule has 0 aliphatic carbocycles. The minimum Gasteiger partial charge on any atom is -0.448 e. The highest BCUT2D eigenvalue weighted by Crippen LogP contribution is 2.13. The molecule has 1 aliphatic rings. The van der Waals surface area contributed by atoms with E-state index in [1.807, 2.05) is 30.3 Å². The Morgan fingerprint density at radius 3 is 2.69 bits per heavy atom. The van der Waals surface area contributed by atoms with E-state index < -0.39 is 0 Å². The lowest BCUT2D eigenvalue weighted by molar-refractivity contribution is 0.148. The molecule has 1 heterocycles. The average molecular weight is 220 g/mol. The van der Waals surface area contributed by atoms with Gasteiger partial charge in [0, 0.05) is 6.54 Å². The number of nitrogens with zero attached hydrogens (tertiary/aromatic N) is 1. The van der Waals surface area contributed by atoms with Gasteiger partial charge < -0.3 is 15.4 Å². The molecule has 1 amide bonds. The molecule has 4 heteroatoms. The van der Waals surface area contributed by atoms with Crippen molar-refractivity contribution in [3.63, 3.8) is 0 Å². The summed E-state index contributed by atoms with van der Waals surface area (Å²) in [4.78, 5) is 13.1. The summed E-state index contributed by atoms with van der Waals surface area (Å²) in [5.74, 6) is 0. The van der Waals surface area contributed by atoms with Crippen LogP contribution in [0.5, 0.6) is 0 Å². The maximum absolute atomic E-state index is 11.4. The fraction of sp³-hybridized carbons (Fsp3) is 0.417. The zero-order valence-electron chi connectivity index (χ0n) is 9.13. The minimum absolute atomic E-state index is 0.0393. The van der Waals surface area contributed by atoms with Crippen LogP contribution in [0.25, 0.3) is 0 Å². The van der Waals surface area contributed by atoms with E-state index in [4.69, 9.17) is 10.5 Å². The van der Waals surface area contributed by atoms with E-state index in [-0.39, 0.29) is 12.1 Å². The minimum atomic E-state index is -0.244. The summed E-state index contributed by atoms with van der Waals surface area (Å²) < 4.78 is 4.92. The van der Waals surface area contributed by atoms with Gasteiger partial charge in [-0.1, -0.05) is 30.3 Å². The second kappa shape index (κ2) is 4.99. The number of hydrogen-bond acceptors (Lipinski definition) is 3. The van der Waals surface area contributed by atoms with Crippen molar-refractivity contribution in [3.05, 3.63) is 35.9 Å². The van der Waals surface area contributed by atoms with Crippen LogP contribution in [0.3, 0.4) is 0 Å². The third-order valence-electron chi connectivity index (χ3n) is 2.82. The molecule has 1 atom stereocenters. The van der Waals surface area contributed by atoms with Gasteiger partial charge in [-0.05, 0) is 12.0 Å². The van der Waals surface area contributed by atoms with Crippen LogP contribution in [-0.4, -0.2) is 36.7 Å². The summed E-state index contributed by atoms with van der Waals surface area (Å²) in [6, 6.07) is 10.1. The lowest BCUT2D eigenvalue weighted by Gasteiger charge is -2.24. The number of cyclic esters (lactones) is 1. The number of hydrogen-bond donors (Lipinski definition) is 1. The maximum atomic E-state index is 11.4. The van der Waals surface area contributed by atoms with E-state index in [1.165, 1.54) is 5.56 Å². The maximum Gasteiger partial charge on any atom is 0.410 e. The van der Waals surface area contributed by atoms with Gasteiger partial charge in [0.15, 0.2) is 0 Å². The third kappa shape index (κ3) is 2.33. The Balaban J connectivity index is 2.03. The third-order valence-corrected chi connectivity index (χ3v) is 2.82. The molecule has 2 N–H and O–H groups in total. The van der Waals surface area contributed by atoms with Crippen LogP contribution in [0.4, 0.5) is 4.79 Å². The molecule has 1 aliphatic heterocycles. The second-order valence-corrected chi connectivity index (χ2v) is 3.89. The van der Waals surface area contributed by atoms with Crippen molar-refractivity contribution < 1.29 is 9.53 Å². The van der Waals surface area contributed by atoms with Crippen LogP contribution in [0.1, 0.15) is 5.56 Å². The summed E-state index contributed by atoms with van der Waals surface area (Å²) in [7, 11) is 0. The first-order chi connectivity index (χ1) is 7.81. The van der Waals surface area contributed by atoms with Gasteiger partial charge in [0.25, 0.3) is 0 Å². The molecule has 1 aromatic carbocycles. The summed E-state index contributed by atoms with van der Waals surface area (Å²) >= 11 is 0. The highest BCUT2D eigenvalue weighted by atomic mass is 16.6. The van der Waals surface area contributed by atoms with Crippen LogP contribution in [0, 0.1) is 0 Å². The number of ether oxygens (including phenoxy) is 1. The van der Waals surface area contributed by atoms with Crippen LogP contribution in [-0.2, 0) is 11.2 Å². The first-order valence-electron chi connectivity index (χ1n) is 5.48. The number of carbonyl (C=O) groups is 1. The Kier molecular flexibility index (Phi) is 3.41. The quantitative estimate of drug-likeness (QED) is 0.823. The lowest BCUT2D eigenvalue weighted by Crippen LogP contribution is -2.42. The summed E-state index contributed by atoms with van der Waals surface area (Å²) in [6.45, 7) is 1.58.